The van der Waals surface area contributed by atoms with E-state index in [-0.39, 0.29) is 0 Å². The first-order valence-electron chi connectivity index (χ1n) is 8.72. The van der Waals surface area contributed by atoms with Crippen molar-refractivity contribution in [1.82, 2.24) is 10.2 Å². The largest absolute Gasteiger partial charge is 0.311 e. The van der Waals surface area contributed by atoms with Gasteiger partial charge in [0.2, 0.25) is 0 Å². The van der Waals surface area contributed by atoms with Gasteiger partial charge in [-0.2, -0.15) is 0 Å². The van der Waals surface area contributed by atoms with E-state index in [0.717, 1.165) is 18.9 Å². The Morgan fingerprint density at radius 1 is 1.24 bits per heavy atom. The molecular weight excluding hydrogens is 256 g/mol. The molecule has 1 aromatic rings. The zero-order chi connectivity index (χ0) is 14.7. The van der Waals surface area contributed by atoms with E-state index in [9.17, 15) is 0 Å². The van der Waals surface area contributed by atoms with Crippen LogP contribution >= 0.6 is 0 Å². The summed E-state index contributed by atoms with van der Waals surface area (Å²) in [4.78, 5) is 2.77. The van der Waals surface area contributed by atoms with Crippen molar-refractivity contribution in [2.45, 2.75) is 57.5 Å². The lowest BCUT2D eigenvalue weighted by atomic mass is 9.90. The Balaban J connectivity index is 1.60. The van der Waals surface area contributed by atoms with Crippen LogP contribution in [0.3, 0.4) is 0 Å². The molecule has 1 N–H and O–H groups in total. The molecule has 116 valence electrons. The Morgan fingerprint density at radius 2 is 2.00 bits per heavy atom. The lowest BCUT2D eigenvalue weighted by Gasteiger charge is -2.48. The molecule has 2 unspecified atom stereocenters. The van der Waals surface area contributed by atoms with Gasteiger partial charge in [0.1, 0.15) is 0 Å². The van der Waals surface area contributed by atoms with Crippen LogP contribution in [0, 0.1) is 5.92 Å². The van der Waals surface area contributed by atoms with Gasteiger partial charge in [0.15, 0.2) is 0 Å². The second-order valence-corrected chi connectivity index (χ2v) is 7.30. The molecular formula is C19H30N2. The predicted octanol–water partition coefficient (Wildman–Crippen LogP) is 3.47. The zero-order valence-electron chi connectivity index (χ0n) is 13.6. The molecule has 1 saturated heterocycles. The fraction of sp³-hybridized carbons (Fsp3) is 0.684. The minimum absolute atomic E-state index is 0.349. The van der Waals surface area contributed by atoms with E-state index in [1.807, 2.05) is 0 Å². The third-order valence-electron chi connectivity index (χ3n) is 5.57. The summed E-state index contributed by atoms with van der Waals surface area (Å²) in [6.45, 7) is 8.40. The van der Waals surface area contributed by atoms with Crippen LogP contribution in [-0.4, -0.2) is 36.1 Å². The average Bonchev–Trinajstić information content (AvgIpc) is 3.33. The van der Waals surface area contributed by atoms with Gasteiger partial charge in [-0.25, -0.2) is 0 Å². The number of rotatable bonds is 6. The molecule has 1 saturated carbocycles. The lowest BCUT2D eigenvalue weighted by molar-refractivity contribution is 0.0466. The Kier molecular flexibility index (Phi) is 4.66. The van der Waals surface area contributed by atoms with Crippen molar-refractivity contribution >= 4 is 0 Å². The van der Waals surface area contributed by atoms with Crippen molar-refractivity contribution in [3.8, 4) is 0 Å². The molecule has 2 fully saturated rings. The summed E-state index contributed by atoms with van der Waals surface area (Å²) in [7, 11) is 0. The number of benzene rings is 1. The topological polar surface area (TPSA) is 15.3 Å². The van der Waals surface area contributed by atoms with Gasteiger partial charge in [-0.3, -0.25) is 4.90 Å². The van der Waals surface area contributed by atoms with Gasteiger partial charge in [0, 0.05) is 24.7 Å². The zero-order valence-corrected chi connectivity index (χ0v) is 13.6. The third-order valence-corrected chi connectivity index (χ3v) is 5.57. The normalized spacial score (nSPS) is 30.5. The maximum absolute atomic E-state index is 3.80. The van der Waals surface area contributed by atoms with E-state index >= 15 is 0 Å². The molecule has 2 nitrogen and oxygen atoms in total. The number of piperazine rings is 1. The third kappa shape index (κ3) is 3.87. The summed E-state index contributed by atoms with van der Waals surface area (Å²) in [6.07, 6.45) is 6.75. The second-order valence-electron chi connectivity index (χ2n) is 7.30. The number of hydrogen-bond donors (Lipinski definition) is 1. The van der Waals surface area contributed by atoms with Crippen LogP contribution in [-0.2, 0) is 6.42 Å². The van der Waals surface area contributed by atoms with E-state index in [1.54, 1.807) is 0 Å². The Bertz CT molecular complexity index is 440. The van der Waals surface area contributed by atoms with Crippen molar-refractivity contribution in [2.75, 3.05) is 19.6 Å². The summed E-state index contributed by atoms with van der Waals surface area (Å²) in [5.74, 6) is 1.04. The first kappa shape index (κ1) is 15.1. The fourth-order valence-corrected chi connectivity index (χ4v) is 3.52. The molecule has 0 bridgehead atoms. The van der Waals surface area contributed by atoms with Crippen molar-refractivity contribution in [2.24, 2.45) is 5.92 Å². The number of nitrogens with zero attached hydrogens (tertiary/aromatic N) is 1. The molecule has 0 spiro atoms. The molecule has 1 aliphatic carbocycles. The van der Waals surface area contributed by atoms with Crippen LogP contribution in [0.2, 0.25) is 0 Å². The van der Waals surface area contributed by atoms with Gasteiger partial charge < -0.3 is 5.32 Å². The van der Waals surface area contributed by atoms with Crippen LogP contribution < -0.4 is 5.32 Å². The summed E-state index contributed by atoms with van der Waals surface area (Å²) in [5, 5.41) is 3.80. The SMILES string of the molecule is CCC1(C)CNC(Cc2ccccc2)CN1CCC1CC1. The van der Waals surface area contributed by atoms with Crippen LogP contribution in [0.5, 0.6) is 0 Å². The molecule has 0 amide bonds. The molecule has 2 aliphatic rings. The number of hydrogen-bond acceptors (Lipinski definition) is 2. The maximum Gasteiger partial charge on any atom is 0.0303 e. The van der Waals surface area contributed by atoms with E-state index in [4.69, 9.17) is 0 Å². The fourth-order valence-electron chi connectivity index (χ4n) is 3.52. The minimum atomic E-state index is 0.349. The second kappa shape index (κ2) is 6.50. The molecule has 1 aromatic carbocycles. The van der Waals surface area contributed by atoms with Crippen LogP contribution in [0.4, 0.5) is 0 Å². The van der Waals surface area contributed by atoms with E-state index in [0.29, 0.717) is 11.6 Å². The molecule has 21 heavy (non-hydrogen) atoms. The highest BCUT2D eigenvalue weighted by molar-refractivity contribution is 5.16. The Morgan fingerprint density at radius 3 is 2.67 bits per heavy atom. The molecule has 1 aliphatic heterocycles. The first-order chi connectivity index (χ1) is 10.2. The predicted molar refractivity (Wildman–Crippen MR) is 89.5 cm³/mol. The highest BCUT2D eigenvalue weighted by Crippen LogP contribution is 2.34. The lowest BCUT2D eigenvalue weighted by Crippen LogP contribution is -2.63. The maximum atomic E-state index is 3.80. The van der Waals surface area contributed by atoms with Crippen molar-refractivity contribution < 1.29 is 0 Å². The van der Waals surface area contributed by atoms with Crippen molar-refractivity contribution in [1.29, 1.82) is 0 Å². The van der Waals surface area contributed by atoms with E-state index in [2.05, 4.69) is 54.4 Å². The Labute approximate surface area is 129 Å². The summed E-state index contributed by atoms with van der Waals surface area (Å²) >= 11 is 0. The van der Waals surface area contributed by atoms with E-state index < -0.39 is 0 Å². The van der Waals surface area contributed by atoms with Gasteiger partial charge in [-0.1, -0.05) is 50.1 Å². The highest BCUT2D eigenvalue weighted by atomic mass is 15.3. The minimum Gasteiger partial charge on any atom is -0.311 e. The van der Waals surface area contributed by atoms with Gasteiger partial charge in [0.25, 0.3) is 0 Å². The van der Waals surface area contributed by atoms with Gasteiger partial charge in [0.05, 0.1) is 0 Å². The van der Waals surface area contributed by atoms with Gasteiger partial charge >= 0.3 is 0 Å². The average molecular weight is 286 g/mol. The van der Waals surface area contributed by atoms with E-state index in [1.165, 1.54) is 44.3 Å². The monoisotopic (exact) mass is 286 g/mol. The Hall–Kier alpha value is -0.860. The summed E-state index contributed by atoms with van der Waals surface area (Å²) < 4.78 is 0. The molecule has 2 atom stereocenters. The van der Waals surface area contributed by atoms with Crippen LogP contribution in [0.1, 0.15) is 45.1 Å². The molecule has 3 rings (SSSR count). The molecule has 0 radical (unpaired) electrons. The highest BCUT2D eigenvalue weighted by Gasteiger charge is 2.36. The van der Waals surface area contributed by atoms with Crippen LogP contribution in [0.15, 0.2) is 30.3 Å². The number of nitrogens with one attached hydrogen (secondary N) is 1. The van der Waals surface area contributed by atoms with Gasteiger partial charge in [-0.15, -0.1) is 0 Å². The molecule has 1 heterocycles. The molecule has 2 heteroatoms. The summed E-state index contributed by atoms with van der Waals surface area (Å²) in [5.41, 5.74) is 1.81. The van der Waals surface area contributed by atoms with Crippen molar-refractivity contribution in [3.63, 3.8) is 0 Å². The van der Waals surface area contributed by atoms with Crippen molar-refractivity contribution in [3.05, 3.63) is 35.9 Å². The smallest absolute Gasteiger partial charge is 0.0303 e. The van der Waals surface area contributed by atoms with Crippen LogP contribution in [0.25, 0.3) is 0 Å². The standard InChI is InChI=1S/C19H30N2/c1-3-19(2)15-20-18(13-17-7-5-4-6-8-17)14-21(19)12-11-16-9-10-16/h4-8,16,18,20H,3,9-15H2,1-2H3. The summed E-state index contributed by atoms with van der Waals surface area (Å²) in [6, 6.07) is 11.5. The molecule has 0 aromatic heterocycles. The first-order valence-corrected chi connectivity index (χ1v) is 8.72. The quantitative estimate of drug-likeness (QED) is 0.861. The van der Waals surface area contributed by atoms with Gasteiger partial charge in [-0.05, 0) is 44.2 Å².